The molecule has 1 N–H and O–H groups in total. The molecule has 2 aromatic rings. The van der Waals surface area contributed by atoms with E-state index in [0.29, 0.717) is 6.04 Å². The van der Waals surface area contributed by atoms with Crippen molar-refractivity contribution in [3.05, 3.63) is 48.5 Å². The Bertz CT molecular complexity index is 526. The maximum absolute atomic E-state index is 4.53. The van der Waals surface area contributed by atoms with Crippen LogP contribution in [0.15, 0.2) is 42.7 Å². The third-order valence-electron chi connectivity index (χ3n) is 4.11. The molecule has 0 radical (unpaired) electrons. The topological polar surface area (TPSA) is 33.1 Å². The number of imidazole rings is 1. The Hall–Kier alpha value is -1.65. The molecule has 1 aliphatic heterocycles. The van der Waals surface area contributed by atoms with E-state index in [1.807, 2.05) is 18.5 Å². The van der Waals surface area contributed by atoms with Gasteiger partial charge in [-0.2, -0.15) is 0 Å². The van der Waals surface area contributed by atoms with Crippen molar-refractivity contribution < 1.29 is 0 Å². The minimum Gasteiger partial charge on any atom is -0.317 e. The highest BCUT2D eigenvalue weighted by Gasteiger charge is 2.19. The summed E-state index contributed by atoms with van der Waals surface area (Å²) < 4.78 is 2.18. The number of hydrogen-bond donors (Lipinski definition) is 1. The van der Waals surface area contributed by atoms with E-state index in [9.17, 15) is 0 Å². The van der Waals surface area contributed by atoms with Crippen LogP contribution in [0.5, 0.6) is 0 Å². The summed E-state index contributed by atoms with van der Waals surface area (Å²) in [6.07, 6.45) is 6.39. The van der Waals surface area contributed by atoms with Crippen molar-refractivity contribution in [1.29, 1.82) is 0 Å². The highest BCUT2D eigenvalue weighted by atomic mass is 15.2. The molecule has 2 heterocycles. The van der Waals surface area contributed by atoms with Crippen LogP contribution in [0.25, 0.3) is 5.69 Å². The molecule has 0 spiro atoms. The number of nitrogens with zero attached hydrogens (tertiary/aromatic N) is 3. The van der Waals surface area contributed by atoms with Gasteiger partial charge in [-0.25, -0.2) is 4.98 Å². The molecule has 1 aliphatic rings. The maximum Gasteiger partial charge on any atom is 0.127 e. The van der Waals surface area contributed by atoms with Crippen LogP contribution >= 0.6 is 0 Å². The van der Waals surface area contributed by atoms with Crippen LogP contribution in [0.3, 0.4) is 0 Å². The van der Waals surface area contributed by atoms with Crippen molar-refractivity contribution >= 4 is 0 Å². The second-order valence-corrected chi connectivity index (χ2v) is 5.39. The van der Waals surface area contributed by atoms with Crippen LogP contribution in [-0.4, -0.2) is 40.6 Å². The Morgan fingerprint density at radius 2 is 1.95 bits per heavy atom. The van der Waals surface area contributed by atoms with Crippen LogP contribution in [-0.2, 0) is 6.54 Å². The average molecular weight is 270 g/mol. The van der Waals surface area contributed by atoms with Crippen LogP contribution in [0.2, 0.25) is 0 Å². The maximum atomic E-state index is 4.53. The number of piperidine rings is 1. The summed E-state index contributed by atoms with van der Waals surface area (Å²) in [5.41, 5.74) is 1.19. The zero-order valence-corrected chi connectivity index (χ0v) is 12.0. The minimum atomic E-state index is 0.681. The molecule has 106 valence electrons. The lowest BCUT2D eigenvalue weighted by molar-refractivity contribution is 0.190. The van der Waals surface area contributed by atoms with E-state index in [2.05, 4.69) is 51.1 Å². The lowest BCUT2D eigenvalue weighted by Gasteiger charge is -2.31. The van der Waals surface area contributed by atoms with Gasteiger partial charge in [0.15, 0.2) is 0 Å². The molecule has 0 amide bonds. The second-order valence-electron chi connectivity index (χ2n) is 5.39. The lowest BCUT2D eigenvalue weighted by atomic mass is 10.1. The molecule has 0 bridgehead atoms. The number of aromatic nitrogens is 2. The Morgan fingerprint density at radius 3 is 2.65 bits per heavy atom. The number of hydrogen-bond acceptors (Lipinski definition) is 3. The van der Waals surface area contributed by atoms with Gasteiger partial charge in [0.25, 0.3) is 0 Å². The second kappa shape index (κ2) is 6.20. The average Bonchev–Trinajstić information content (AvgIpc) is 2.97. The number of benzene rings is 1. The van der Waals surface area contributed by atoms with E-state index in [4.69, 9.17) is 0 Å². The van der Waals surface area contributed by atoms with Gasteiger partial charge < -0.3 is 9.88 Å². The number of para-hydroxylation sites is 1. The van der Waals surface area contributed by atoms with Crippen LogP contribution in [0, 0.1) is 0 Å². The summed E-state index contributed by atoms with van der Waals surface area (Å²) in [4.78, 5) is 7.03. The number of nitrogens with one attached hydrogen (secondary N) is 1. The molecule has 0 atom stereocenters. The van der Waals surface area contributed by atoms with Crippen molar-refractivity contribution in [1.82, 2.24) is 19.8 Å². The predicted octanol–water partition coefficient (Wildman–Crippen LogP) is 2.06. The monoisotopic (exact) mass is 270 g/mol. The number of rotatable bonds is 4. The fourth-order valence-corrected chi connectivity index (χ4v) is 2.85. The van der Waals surface area contributed by atoms with Gasteiger partial charge in [-0.3, -0.25) is 4.90 Å². The summed E-state index contributed by atoms with van der Waals surface area (Å²) in [7, 11) is 2.06. The van der Waals surface area contributed by atoms with Gasteiger partial charge in [-0.15, -0.1) is 0 Å². The zero-order chi connectivity index (χ0) is 13.8. The Kier molecular flexibility index (Phi) is 4.14. The van der Waals surface area contributed by atoms with E-state index in [1.54, 1.807) is 0 Å². The van der Waals surface area contributed by atoms with E-state index in [-0.39, 0.29) is 0 Å². The zero-order valence-electron chi connectivity index (χ0n) is 12.0. The molecule has 4 nitrogen and oxygen atoms in total. The minimum absolute atomic E-state index is 0.681. The van der Waals surface area contributed by atoms with Gasteiger partial charge in [-0.1, -0.05) is 18.2 Å². The van der Waals surface area contributed by atoms with Gasteiger partial charge in [-0.05, 0) is 32.0 Å². The lowest BCUT2D eigenvalue weighted by Crippen LogP contribution is -2.41. The van der Waals surface area contributed by atoms with E-state index in [0.717, 1.165) is 25.5 Å². The summed E-state index contributed by atoms with van der Waals surface area (Å²) in [5, 5.41) is 3.37. The van der Waals surface area contributed by atoms with Gasteiger partial charge in [0.2, 0.25) is 0 Å². The highest BCUT2D eigenvalue weighted by molar-refractivity contribution is 5.32. The summed E-state index contributed by atoms with van der Waals surface area (Å²) in [6.45, 7) is 3.22. The molecule has 1 fully saturated rings. The Balaban J connectivity index is 1.69. The van der Waals surface area contributed by atoms with Gasteiger partial charge in [0, 0.05) is 37.2 Å². The first kappa shape index (κ1) is 13.3. The van der Waals surface area contributed by atoms with Crippen LogP contribution < -0.4 is 5.32 Å². The molecule has 1 aromatic heterocycles. The molecule has 1 saturated heterocycles. The van der Waals surface area contributed by atoms with Crippen LogP contribution in [0.4, 0.5) is 0 Å². The smallest absolute Gasteiger partial charge is 0.127 e. The fourth-order valence-electron chi connectivity index (χ4n) is 2.85. The molecule has 4 heteroatoms. The SMILES string of the molecule is CNC1CCN(Cc2nccn2-c2ccccc2)CC1. The first-order valence-corrected chi connectivity index (χ1v) is 7.34. The standard InChI is InChI=1S/C16H22N4/c1-17-14-7-10-19(11-8-14)13-16-18-9-12-20(16)15-5-3-2-4-6-15/h2-6,9,12,14,17H,7-8,10-11,13H2,1H3. The van der Waals surface area contributed by atoms with E-state index in [1.165, 1.54) is 18.5 Å². The summed E-state index contributed by atoms with van der Waals surface area (Å²) in [6, 6.07) is 11.1. The first-order valence-electron chi connectivity index (χ1n) is 7.34. The van der Waals surface area contributed by atoms with Crippen molar-refractivity contribution in [2.24, 2.45) is 0 Å². The molecule has 0 saturated carbocycles. The van der Waals surface area contributed by atoms with E-state index >= 15 is 0 Å². The molecule has 0 aliphatic carbocycles. The van der Waals surface area contributed by atoms with Crippen molar-refractivity contribution in [3.63, 3.8) is 0 Å². The van der Waals surface area contributed by atoms with Crippen LogP contribution in [0.1, 0.15) is 18.7 Å². The Labute approximate surface area is 120 Å². The predicted molar refractivity (Wildman–Crippen MR) is 80.9 cm³/mol. The molecule has 0 unspecified atom stereocenters. The van der Waals surface area contributed by atoms with Gasteiger partial charge in [0.05, 0.1) is 6.54 Å². The van der Waals surface area contributed by atoms with Crippen molar-refractivity contribution in [2.45, 2.75) is 25.4 Å². The van der Waals surface area contributed by atoms with E-state index < -0.39 is 0 Å². The largest absolute Gasteiger partial charge is 0.317 e. The fraction of sp³-hybridized carbons (Fsp3) is 0.438. The summed E-state index contributed by atoms with van der Waals surface area (Å²) in [5.74, 6) is 1.12. The van der Waals surface area contributed by atoms with Crippen molar-refractivity contribution in [3.8, 4) is 5.69 Å². The number of likely N-dealkylation sites (tertiary alicyclic amines) is 1. The van der Waals surface area contributed by atoms with Gasteiger partial charge in [0.1, 0.15) is 5.82 Å². The normalized spacial score (nSPS) is 17.4. The molecule has 1 aromatic carbocycles. The highest BCUT2D eigenvalue weighted by Crippen LogP contribution is 2.15. The quantitative estimate of drug-likeness (QED) is 0.923. The molecular formula is C16H22N4. The Morgan fingerprint density at radius 1 is 1.20 bits per heavy atom. The molecule has 20 heavy (non-hydrogen) atoms. The summed E-state index contributed by atoms with van der Waals surface area (Å²) >= 11 is 0. The molecule has 3 rings (SSSR count). The van der Waals surface area contributed by atoms with Crippen molar-refractivity contribution in [2.75, 3.05) is 20.1 Å². The third kappa shape index (κ3) is 2.92. The molecular weight excluding hydrogens is 248 g/mol. The third-order valence-corrected chi connectivity index (χ3v) is 4.11. The van der Waals surface area contributed by atoms with Gasteiger partial charge >= 0.3 is 0 Å². The first-order chi connectivity index (χ1) is 9.86.